The van der Waals surface area contributed by atoms with E-state index in [1.54, 1.807) is 48.5 Å². The van der Waals surface area contributed by atoms with Crippen molar-refractivity contribution in [3.63, 3.8) is 0 Å². The van der Waals surface area contributed by atoms with Crippen LogP contribution in [-0.2, 0) is 17.8 Å². The summed E-state index contributed by atoms with van der Waals surface area (Å²) in [4.78, 5) is 13.0. The number of amides is 1. The van der Waals surface area contributed by atoms with E-state index in [4.69, 9.17) is 26.7 Å². The van der Waals surface area contributed by atoms with Crippen molar-refractivity contribution in [2.75, 3.05) is 5.32 Å². The van der Waals surface area contributed by atoms with Crippen LogP contribution in [-0.4, -0.2) is 5.91 Å². The lowest BCUT2D eigenvalue weighted by molar-refractivity contribution is -0.115. The molecule has 3 aromatic carbocycles. The molecule has 0 unspecified atom stereocenters. The van der Waals surface area contributed by atoms with Gasteiger partial charge in [0.2, 0.25) is 5.91 Å². The third-order valence-electron chi connectivity index (χ3n) is 4.25. The summed E-state index contributed by atoms with van der Waals surface area (Å²) in [5.41, 5.74) is 2.07. The average Bonchev–Trinajstić information content (AvgIpc) is 2.75. The van der Waals surface area contributed by atoms with Crippen LogP contribution < -0.4 is 15.2 Å². The van der Waals surface area contributed by atoms with Crippen molar-refractivity contribution in [1.82, 2.24) is 0 Å². The van der Waals surface area contributed by atoms with Gasteiger partial charge in [-0.1, -0.05) is 23.7 Å². The van der Waals surface area contributed by atoms with Crippen molar-refractivity contribution in [2.45, 2.75) is 17.9 Å². The van der Waals surface area contributed by atoms with Crippen molar-refractivity contribution in [3.05, 3.63) is 88.2 Å². The van der Waals surface area contributed by atoms with Crippen LogP contribution in [0.1, 0.15) is 16.7 Å². The van der Waals surface area contributed by atoms with Gasteiger partial charge in [-0.25, -0.2) is 4.39 Å². The Morgan fingerprint density at radius 1 is 1.20 bits per heavy atom. The minimum absolute atomic E-state index is 0.150. The molecule has 0 aliphatic rings. The maximum atomic E-state index is 13.9. The average molecular weight is 442 g/mol. The molecular formula is C22H17ClFN3O2S. The molecule has 152 valence electrons. The number of hydrogen-bond acceptors (Lipinski definition) is 5. The molecular weight excluding hydrogens is 425 g/mol. The topological polar surface area (TPSA) is 88.1 Å². The minimum Gasteiger partial charge on any atom is -0.489 e. The zero-order valence-corrected chi connectivity index (χ0v) is 17.3. The van der Waals surface area contributed by atoms with Crippen LogP contribution in [0.2, 0.25) is 5.02 Å². The van der Waals surface area contributed by atoms with Crippen molar-refractivity contribution in [2.24, 2.45) is 5.14 Å². The number of nitrogens with zero attached hydrogens (tertiary/aromatic N) is 1. The van der Waals surface area contributed by atoms with E-state index in [2.05, 4.69) is 11.4 Å². The summed E-state index contributed by atoms with van der Waals surface area (Å²) in [6.45, 7) is 0.268. The van der Waals surface area contributed by atoms with E-state index in [1.807, 2.05) is 0 Å². The number of nitrogens with two attached hydrogens (primary N) is 1. The number of carbonyl (C=O) groups is 1. The van der Waals surface area contributed by atoms with Crippen molar-refractivity contribution < 1.29 is 13.9 Å². The largest absolute Gasteiger partial charge is 0.489 e. The highest BCUT2D eigenvalue weighted by Gasteiger charge is 2.13. The van der Waals surface area contributed by atoms with Crippen LogP contribution in [0.4, 0.5) is 10.1 Å². The van der Waals surface area contributed by atoms with Gasteiger partial charge in [0.1, 0.15) is 18.2 Å². The number of nitriles is 1. The lowest BCUT2D eigenvalue weighted by Crippen LogP contribution is -2.15. The number of nitrogens with one attached hydrogen (secondary N) is 1. The van der Waals surface area contributed by atoms with E-state index >= 15 is 0 Å². The van der Waals surface area contributed by atoms with E-state index < -0.39 is 11.7 Å². The van der Waals surface area contributed by atoms with E-state index in [1.165, 1.54) is 12.1 Å². The highest BCUT2D eigenvalue weighted by Crippen LogP contribution is 2.25. The van der Waals surface area contributed by atoms with Gasteiger partial charge in [-0.05, 0) is 60.5 Å². The first kappa shape index (κ1) is 21.7. The lowest BCUT2D eigenvalue weighted by atomic mass is 10.1. The Balaban J connectivity index is 1.66. The van der Waals surface area contributed by atoms with E-state index in [0.717, 1.165) is 22.4 Å². The van der Waals surface area contributed by atoms with E-state index in [0.29, 0.717) is 17.0 Å². The quantitative estimate of drug-likeness (QED) is 0.499. The first-order chi connectivity index (χ1) is 14.5. The first-order valence-electron chi connectivity index (χ1n) is 8.85. The Morgan fingerprint density at radius 2 is 1.97 bits per heavy atom. The Kier molecular flexibility index (Phi) is 7.31. The van der Waals surface area contributed by atoms with Gasteiger partial charge in [0.05, 0.1) is 18.1 Å². The molecule has 30 heavy (non-hydrogen) atoms. The fourth-order valence-electron chi connectivity index (χ4n) is 2.71. The van der Waals surface area contributed by atoms with Gasteiger partial charge >= 0.3 is 0 Å². The van der Waals surface area contributed by atoms with Crippen molar-refractivity contribution >= 4 is 35.1 Å². The maximum Gasteiger partial charge on any atom is 0.228 e. The molecule has 0 saturated heterocycles. The molecule has 0 aromatic heterocycles. The van der Waals surface area contributed by atoms with Crippen LogP contribution in [0, 0.1) is 17.1 Å². The molecule has 1 amide bonds. The molecule has 0 aliphatic heterocycles. The number of anilines is 1. The number of benzene rings is 3. The number of hydrogen-bond donors (Lipinski definition) is 2. The monoisotopic (exact) mass is 441 g/mol. The van der Waals surface area contributed by atoms with Crippen LogP contribution in [0.5, 0.6) is 5.75 Å². The second-order valence-electron chi connectivity index (χ2n) is 6.29. The molecule has 0 radical (unpaired) electrons. The molecule has 0 atom stereocenters. The highest BCUT2D eigenvalue weighted by atomic mass is 35.5. The Labute approximate surface area is 182 Å². The molecule has 0 heterocycles. The van der Waals surface area contributed by atoms with Crippen molar-refractivity contribution in [1.29, 1.82) is 5.26 Å². The molecule has 0 spiro atoms. The zero-order valence-electron chi connectivity index (χ0n) is 15.7. The van der Waals surface area contributed by atoms with Gasteiger partial charge in [-0.15, -0.1) is 0 Å². The van der Waals surface area contributed by atoms with Gasteiger partial charge in [0.25, 0.3) is 0 Å². The number of halogens is 2. The standard InChI is InChI=1S/C22H17ClFN3O2S/c23-19-2-1-3-20(24)18(19)11-22(28)27-16-7-6-15(21(10-16)30-26)13-29-17-8-4-14(12-25)5-9-17/h1-10H,11,13,26H2,(H,27,28). The highest BCUT2D eigenvalue weighted by molar-refractivity contribution is 7.97. The zero-order chi connectivity index (χ0) is 21.5. The van der Waals surface area contributed by atoms with Crippen LogP contribution in [0.15, 0.2) is 65.6 Å². The molecule has 5 nitrogen and oxygen atoms in total. The second kappa shape index (κ2) is 10.1. The summed E-state index contributed by atoms with van der Waals surface area (Å²) >= 11 is 7.01. The van der Waals surface area contributed by atoms with Crippen LogP contribution >= 0.6 is 23.5 Å². The molecule has 0 bridgehead atoms. The Bertz CT molecular complexity index is 1080. The first-order valence-corrected chi connectivity index (χ1v) is 10.1. The predicted molar refractivity (Wildman–Crippen MR) is 116 cm³/mol. The minimum atomic E-state index is -0.522. The van der Waals surface area contributed by atoms with Crippen molar-refractivity contribution in [3.8, 4) is 11.8 Å². The summed E-state index contributed by atoms with van der Waals surface area (Å²) in [7, 11) is 0. The molecule has 0 aliphatic carbocycles. The summed E-state index contributed by atoms with van der Waals surface area (Å²) in [6, 6.07) is 18.4. The summed E-state index contributed by atoms with van der Waals surface area (Å²) in [5, 5.41) is 17.5. The van der Waals surface area contributed by atoms with Gasteiger partial charge in [0, 0.05) is 26.7 Å². The smallest absolute Gasteiger partial charge is 0.228 e. The van der Waals surface area contributed by atoms with Gasteiger partial charge in [0.15, 0.2) is 0 Å². The predicted octanol–water partition coefficient (Wildman–Crippen LogP) is 5.08. The van der Waals surface area contributed by atoms with Gasteiger partial charge in [-0.3, -0.25) is 9.93 Å². The molecule has 0 fully saturated rings. The third kappa shape index (κ3) is 5.51. The lowest BCUT2D eigenvalue weighted by Gasteiger charge is -2.12. The fraction of sp³-hybridized carbons (Fsp3) is 0.0909. The summed E-state index contributed by atoms with van der Waals surface area (Å²) in [6.07, 6.45) is -0.180. The van der Waals surface area contributed by atoms with E-state index in [9.17, 15) is 9.18 Å². The molecule has 3 aromatic rings. The van der Waals surface area contributed by atoms with Gasteiger partial charge < -0.3 is 10.1 Å². The summed E-state index contributed by atoms with van der Waals surface area (Å²) in [5.74, 6) is -0.288. The molecule has 8 heteroatoms. The number of rotatable bonds is 7. The maximum absolute atomic E-state index is 13.9. The molecule has 3 rings (SSSR count). The van der Waals surface area contributed by atoms with Crippen LogP contribution in [0.3, 0.4) is 0 Å². The second-order valence-corrected chi connectivity index (χ2v) is 7.37. The normalized spacial score (nSPS) is 10.3. The Morgan fingerprint density at radius 3 is 2.63 bits per heavy atom. The third-order valence-corrected chi connectivity index (χ3v) is 5.24. The van der Waals surface area contributed by atoms with Crippen LogP contribution in [0.25, 0.3) is 0 Å². The molecule has 3 N–H and O–H groups in total. The Hall–Kier alpha value is -3.05. The number of carbonyl (C=O) groups excluding carboxylic acids is 1. The van der Waals surface area contributed by atoms with E-state index in [-0.39, 0.29) is 23.6 Å². The number of ether oxygens (including phenoxy) is 1. The van der Waals surface area contributed by atoms with Gasteiger partial charge in [-0.2, -0.15) is 5.26 Å². The summed E-state index contributed by atoms with van der Waals surface area (Å²) < 4.78 is 19.6. The fourth-order valence-corrected chi connectivity index (χ4v) is 3.42. The molecule has 0 saturated carbocycles. The SMILES string of the molecule is N#Cc1ccc(OCc2ccc(NC(=O)Cc3c(F)cccc3Cl)cc2SN)cc1.